The van der Waals surface area contributed by atoms with E-state index in [1.165, 1.54) is 0 Å². The number of fused-ring (bicyclic) bond motifs is 3. The van der Waals surface area contributed by atoms with Gasteiger partial charge in [0, 0.05) is 37.2 Å². The molecular weight excluding hydrogens is 380 g/mol. The first kappa shape index (κ1) is 17.8. The number of nitrogens with zero attached hydrogens (tertiary/aromatic N) is 2. The van der Waals surface area contributed by atoms with Crippen molar-refractivity contribution in [1.29, 1.82) is 0 Å². The Bertz CT molecular complexity index is 952. The number of benzene rings is 1. The molecule has 3 aliphatic heterocycles. The summed E-state index contributed by atoms with van der Waals surface area (Å²) in [7, 11) is -3.60. The third-order valence-corrected chi connectivity index (χ3v) is 7.65. The molecule has 0 radical (unpaired) electrons. The van der Waals surface area contributed by atoms with Gasteiger partial charge in [0.25, 0.3) is 0 Å². The van der Waals surface area contributed by atoms with Crippen LogP contribution in [0.1, 0.15) is 25.7 Å². The van der Waals surface area contributed by atoms with Gasteiger partial charge in [-0.15, -0.1) is 0 Å². The molecule has 2 atom stereocenters. The van der Waals surface area contributed by atoms with Gasteiger partial charge in [0.05, 0.1) is 11.1 Å². The summed E-state index contributed by atoms with van der Waals surface area (Å²) < 4.78 is 45.6. The number of sulfonamides is 1. The molecule has 148 valence electrons. The summed E-state index contributed by atoms with van der Waals surface area (Å²) in [5, 5.41) is 0. The van der Waals surface area contributed by atoms with Crippen molar-refractivity contribution in [2.45, 2.75) is 48.8 Å². The normalized spacial score (nSPS) is 26.8. The Morgan fingerprint density at radius 2 is 1.79 bits per heavy atom. The number of ether oxygens (including phenoxy) is 3. The molecule has 0 saturated carbocycles. The lowest BCUT2D eigenvalue weighted by molar-refractivity contribution is 0.0953. The standard InChI is InChI=1S/C20H22N2O5S/c23-28(24,18-5-6-19-20(12-18)26-9-8-25-19)22-14-3-4-15(22)11-17(10-14)27-16-2-1-7-21-13-16/h1-2,5-7,12-15,17H,3-4,8-11H2. The SMILES string of the molecule is O=S(=O)(c1ccc2c(c1)OCCO2)N1C2CCC1CC(Oc1cccnc1)C2. The van der Waals surface area contributed by atoms with Crippen molar-refractivity contribution in [2.24, 2.45) is 0 Å². The summed E-state index contributed by atoms with van der Waals surface area (Å²) in [6.07, 6.45) is 6.51. The van der Waals surface area contributed by atoms with Crippen LogP contribution in [0.15, 0.2) is 47.6 Å². The van der Waals surface area contributed by atoms with E-state index >= 15 is 0 Å². The molecule has 5 rings (SSSR count). The first-order valence-electron chi connectivity index (χ1n) is 9.61. The summed E-state index contributed by atoms with van der Waals surface area (Å²) >= 11 is 0. The van der Waals surface area contributed by atoms with Crippen molar-refractivity contribution < 1.29 is 22.6 Å². The van der Waals surface area contributed by atoms with Gasteiger partial charge in [0.15, 0.2) is 11.5 Å². The van der Waals surface area contributed by atoms with Crippen LogP contribution in [0.3, 0.4) is 0 Å². The molecule has 0 amide bonds. The van der Waals surface area contributed by atoms with E-state index in [2.05, 4.69) is 4.98 Å². The number of hydrogen-bond donors (Lipinski definition) is 0. The lowest BCUT2D eigenvalue weighted by Crippen LogP contribution is -2.49. The minimum Gasteiger partial charge on any atom is -0.489 e. The fourth-order valence-corrected chi connectivity index (χ4v) is 6.40. The van der Waals surface area contributed by atoms with Gasteiger partial charge in [-0.3, -0.25) is 4.98 Å². The molecular formula is C20H22N2O5S. The maximum atomic E-state index is 13.4. The molecule has 0 aliphatic carbocycles. The van der Waals surface area contributed by atoms with Crippen LogP contribution in [0.4, 0.5) is 0 Å². The van der Waals surface area contributed by atoms with Crippen LogP contribution in [0, 0.1) is 0 Å². The number of piperidine rings is 1. The molecule has 0 N–H and O–H groups in total. The minimum atomic E-state index is -3.60. The predicted molar refractivity (Wildman–Crippen MR) is 101 cm³/mol. The molecule has 1 aromatic carbocycles. The van der Waals surface area contributed by atoms with Crippen molar-refractivity contribution in [3.8, 4) is 17.2 Å². The summed E-state index contributed by atoms with van der Waals surface area (Å²) in [5.41, 5.74) is 0. The van der Waals surface area contributed by atoms with Crippen LogP contribution in [0.5, 0.6) is 17.2 Å². The zero-order valence-corrected chi connectivity index (χ0v) is 16.2. The smallest absolute Gasteiger partial charge is 0.243 e. The lowest BCUT2D eigenvalue weighted by atomic mass is 10.0. The Hall–Kier alpha value is -2.32. The van der Waals surface area contributed by atoms with Crippen molar-refractivity contribution in [3.05, 3.63) is 42.7 Å². The fraction of sp³-hybridized carbons (Fsp3) is 0.450. The molecule has 4 heterocycles. The van der Waals surface area contributed by atoms with E-state index in [-0.39, 0.29) is 23.1 Å². The monoisotopic (exact) mass is 402 g/mol. The first-order valence-corrected chi connectivity index (χ1v) is 11.0. The van der Waals surface area contributed by atoms with Gasteiger partial charge in [-0.25, -0.2) is 8.42 Å². The summed E-state index contributed by atoms with van der Waals surface area (Å²) in [4.78, 5) is 4.34. The Morgan fingerprint density at radius 3 is 2.50 bits per heavy atom. The highest BCUT2D eigenvalue weighted by Gasteiger charge is 2.48. The van der Waals surface area contributed by atoms with Gasteiger partial charge >= 0.3 is 0 Å². The van der Waals surface area contributed by atoms with Gasteiger partial charge in [-0.2, -0.15) is 4.31 Å². The van der Waals surface area contributed by atoms with Gasteiger partial charge < -0.3 is 14.2 Å². The quantitative estimate of drug-likeness (QED) is 0.782. The second-order valence-electron chi connectivity index (χ2n) is 7.43. The molecule has 28 heavy (non-hydrogen) atoms. The number of aromatic nitrogens is 1. The number of hydrogen-bond acceptors (Lipinski definition) is 6. The van der Waals surface area contributed by atoms with Crippen LogP contribution < -0.4 is 14.2 Å². The Balaban J connectivity index is 1.37. The van der Waals surface area contributed by atoms with E-state index in [1.807, 2.05) is 12.1 Å². The molecule has 2 bridgehead atoms. The van der Waals surface area contributed by atoms with Crippen molar-refractivity contribution in [1.82, 2.24) is 9.29 Å². The summed E-state index contributed by atoms with van der Waals surface area (Å²) in [6, 6.07) is 8.51. The molecule has 7 nitrogen and oxygen atoms in total. The van der Waals surface area contributed by atoms with Crippen LogP contribution in [0.2, 0.25) is 0 Å². The van der Waals surface area contributed by atoms with Gasteiger partial charge in [0.1, 0.15) is 25.1 Å². The molecule has 3 aliphatic rings. The third-order valence-electron chi connectivity index (χ3n) is 5.65. The minimum absolute atomic E-state index is 0.00779. The van der Waals surface area contributed by atoms with E-state index in [0.717, 1.165) is 18.6 Å². The highest BCUT2D eigenvalue weighted by atomic mass is 32.2. The van der Waals surface area contributed by atoms with Crippen molar-refractivity contribution >= 4 is 10.0 Å². The van der Waals surface area contributed by atoms with Crippen LogP contribution in [0.25, 0.3) is 0 Å². The zero-order chi connectivity index (χ0) is 19.1. The van der Waals surface area contributed by atoms with Gasteiger partial charge in [-0.1, -0.05) is 0 Å². The topological polar surface area (TPSA) is 78.0 Å². The number of rotatable bonds is 4. The van der Waals surface area contributed by atoms with Crippen molar-refractivity contribution in [2.75, 3.05) is 13.2 Å². The van der Waals surface area contributed by atoms with Gasteiger partial charge in [-0.05, 0) is 37.1 Å². The molecule has 0 spiro atoms. The summed E-state index contributed by atoms with van der Waals surface area (Å²) in [6.45, 7) is 0.909. The van der Waals surface area contributed by atoms with Gasteiger partial charge in [0.2, 0.25) is 10.0 Å². The summed E-state index contributed by atoms with van der Waals surface area (Å²) in [5.74, 6) is 1.82. The molecule has 1 aromatic heterocycles. The van der Waals surface area contributed by atoms with E-state index in [9.17, 15) is 8.42 Å². The molecule has 2 aromatic rings. The van der Waals surface area contributed by atoms with E-state index < -0.39 is 10.0 Å². The van der Waals surface area contributed by atoms with Crippen LogP contribution in [-0.2, 0) is 10.0 Å². The maximum Gasteiger partial charge on any atom is 0.243 e. The maximum absolute atomic E-state index is 13.4. The molecule has 2 unspecified atom stereocenters. The Kier molecular flexibility index (Phi) is 4.40. The lowest BCUT2D eigenvalue weighted by Gasteiger charge is -2.37. The predicted octanol–water partition coefficient (Wildman–Crippen LogP) is 2.62. The zero-order valence-electron chi connectivity index (χ0n) is 15.4. The van der Waals surface area contributed by atoms with Crippen LogP contribution >= 0.6 is 0 Å². The van der Waals surface area contributed by atoms with E-state index in [1.54, 1.807) is 34.9 Å². The highest BCUT2D eigenvalue weighted by Crippen LogP contribution is 2.42. The van der Waals surface area contributed by atoms with Crippen LogP contribution in [-0.4, -0.2) is 49.1 Å². The molecule has 2 saturated heterocycles. The second-order valence-corrected chi connectivity index (χ2v) is 9.27. The first-order chi connectivity index (χ1) is 13.6. The third kappa shape index (κ3) is 3.10. The highest BCUT2D eigenvalue weighted by molar-refractivity contribution is 7.89. The molecule has 8 heteroatoms. The average Bonchev–Trinajstić information content (AvgIpc) is 3.00. The second kappa shape index (κ2) is 6.93. The van der Waals surface area contributed by atoms with E-state index in [0.29, 0.717) is 37.6 Å². The fourth-order valence-electron chi connectivity index (χ4n) is 4.49. The Morgan fingerprint density at radius 1 is 1.04 bits per heavy atom. The average molecular weight is 402 g/mol. The largest absolute Gasteiger partial charge is 0.489 e. The van der Waals surface area contributed by atoms with E-state index in [4.69, 9.17) is 14.2 Å². The van der Waals surface area contributed by atoms with Crippen molar-refractivity contribution in [3.63, 3.8) is 0 Å². The number of pyridine rings is 1. The molecule has 2 fully saturated rings. The Labute approximate surface area is 164 Å².